The average Bonchev–Trinajstić information content (AvgIpc) is 2.09. The van der Waals surface area contributed by atoms with Crippen LogP contribution in [0.2, 0.25) is 5.02 Å². The molecule has 0 heterocycles. The second-order valence-corrected chi connectivity index (χ2v) is 3.31. The van der Waals surface area contributed by atoms with Gasteiger partial charge in [-0.25, -0.2) is 4.79 Å². The zero-order chi connectivity index (χ0) is 10.7. The molecule has 0 amide bonds. The number of carbonyl (C=O) groups is 1. The number of hydrogen-bond donors (Lipinski definition) is 2. The molecule has 0 unspecified atom stereocenters. The summed E-state index contributed by atoms with van der Waals surface area (Å²) < 4.78 is 0. The Morgan fingerprint density at radius 3 is 2.79 bits per heavy atom. The fraction of sp³-hybridized carbons (Fsp3) is 0.100. The van der Waals surface area contributed by atoms with Crippen molar-refractivity contribution >= 4 is 29.3 Å². The Kier molecular flexibility index (Phi) is 3.14. The van der Waals surface area contributed by atoms with Crippen LogP contribution in [0.25, 0.3) is 6.08 Å². The van der Waals surface area contributed by atoms with Crippen molar-refractivity contribution in [2.45, 2.75) is 6.92 Å². The normalized spacial score (nSPS) is 10.7. The number of halogens is 1. The second-order valence-electron chi connectivity index (χ2n) is 2.90. The van der Waals surface area contributed by atoms with E-state index in [0.29, 0.717) is 16.3 Å². The number of carboxylic acid groups (broad SMARTS) is 1. The van der Waals surface area contributed by atoms with Crippen LogP contribution in [0.1, 0.15) is 11.1 Å². The van der Waals surface area contributed by atoms with Gasteiger partial charge in [-0.15, -0.1) is 0 Å². The van der Waals surface area contributed by atoms with E-state index in [2.05, 4.69) is 0 Å². The summed E-state index contributed by atoms with van der Waals surface area (Å²) in [5.74, 6) is -1.00. The zero-order valence-electron chi connectivity index (χ0n) is 7.62. The topological polar surface area (TPSA) is 63.3 Å². The maximum atomic E-state index is 10.3. The van der Waals surface area contributed by atoms with Crippen LogP contribution in [0.3, 0.4) is 0 Å². The third-order valence-electron chi connectivity index (χ3n) is 1.77. The first-order chi connectivity index (χ1) is 6.50. The predicted molar refractivity (Wildman–Crippen MR) is 57.3 cm³/mol. The summed E-state index contributed by atoms with van der Waals surface area (Å²) in [6, 6.07) is 3.36. The van der Waals surface area contributed by atoms with Crippen LogP contribution >= 0.6 is 11.6 Å². The highest BCUT2D eigenvalue weighted by atomic mass is 35.5. The Hall–Kier alpha value is -1.48. The van der Waals surface area contributed by atoms with Gasteiger partial charge in [-0.05, 0) is 36.3 Å². The van der Waals surface area contributed by atoms with Crippen molar-refractivity contribution in [2.75, 3.05) is 5.73 Å². The fourth-order valence-corrected chi connectivity index (χ4v) is 1.20. The van der Waals surface area contributed by atoms with Crippen molar-refractivity contribution < 1.29 is 9.90 Å². The van der Waals surface area contributed by atoms with E-state index in [9.17, 15) is 4.79 Å². The van der Waals surface area contributed by atoms with Crippen LogP contribution in [0.5, 0.6) is 0 Å². The molecule has 0 fully saturated rings. The molecule has 14 heavy (non-hydrogen) atoms. The molecule has 1 aromatic carbocycles. The van der Waals surface area contributed by atoms with Gasteiger partial charge < -0.3 is 10.8 Å². The first kappa shape index (κ1) is 10.6. The Balaban J connectivity index is 3.10. The standard InChI is InChI=1S/C10H10ClNO2/c1-6-4-7(2-3-10(13)14)9(12)5-8(6)11/h2-5H,12H2,1H3,(H,13,14). The van der Waals surface area contributed by atoms with E-state index < -0.39 is 5.97 Å². The largest absolute Gasteiger partial charge is 0.478 e. The Morgan fingerprint density at radius 1 is 1.57 bits per heavy atom. The third-order valence-corrected chi connectivity index (χ3v) is 2.18. The first-order valence-corrected chi connectivity index (χ1v) is 4.35. The number of rotatable bonds is 2. The van der Waals surface area contributed by atoms with E-state index in [4.69, 9.17) is 22.4 Å². The number of benzene rings is 1. The third kappa shape index (κ3) is 2.50. The minimum Gasteiger partial charge on any atom is -0.478 e. The number of anilines is 1. The van der Waals surface area contributed by atoms with Crippen LogP contribution < -0.4 is 5.73 Å². The van der Waals surface area contributed by atoms with E-state index in [0.717, 1.165) is 11.6 Å². The van der Waals surface area contributed by atoms with Crippen molar-refractivity contribution in [3.05, 3.63) is 34.4 Å². The van der Waals surface area contributed by atoms with E-state index >= 15 is 0 Å². The lowest BCUT2D eigenvalue weighted by atomic mass is 10.1. The van der Waals surface area contributed by atoms with Gasteiger partial charge in [0.1, 0.15) is 0 Å². The molecule has 1 aromatic rings. The highest BCUT2D eigenvalue weighted by molar-refractivity contribution is 6.31. The monoisotopic (exact) mass is 211 g/mol. The van der Waals surface area contributed by atoms with Gasteiger partial charge in [0.15, 0.2) is 0 Å². The SMILES string of the molecule is Cc1cc(C=CC(=O)O)c(N)cc1Cl. The molecule has 0 aliphatic rings. The molecule has 4 heteroatoms. The highest BCUT2D eigenvalue weighted by Crippen LogP contribution is 2.23. The zero-order valence-corrected chi connectivity index (χ0v) is 8.38. The smallest absolute Gasteiger partial charge is 0.328 e. The average molecular weight is 212 g/mol. The lowest BCUT2D eigenvalue weighted by Gasteiger charge is -2.03. The van der Waals surface area contributed by atoms with Gasteiger partial charge in [-0.3, -0.25) is 0 Å². The molecule has 1 rings (SSSR count). The van der Waals surface area contributed by atoms with Gasteiger partial charge >= 0.3 is 5.97 Å². The maximum Gasteiger partial charge on any atom is 0.328 e. The molecule has 0 bridgehead atoms. The van der Waals surface area contributed by atoms with Crippen molar-refractivity contribution in [1.29, 1.82) is 0 Å². The molecule has 0 atom stereocenters. The van der Waals surface area contributed by atoms with Gasteiger partial charge in [-0.1, -0.05) is 11.6 Å². The van der Waals surface area contributed by atoms with Gasteiger partial charge in [0, 0.05) is 16.8 Å². The van der Waals surface area contributed by atoms with Crippen LogP contribution in [0.4, 0.5) is 5.69 Å². The number of carboxylic acids is 1. The lowest BCUT2D eigenvalue weighted by molar-refractivity contribution is -0.131. The summed E-state index contributed by atoms with van der Waals surface area (Å²) in [7, 11) is 0. The summed E-state index contributed by atoms with van der Waals surface area (Å²) in [5, 5.41) is 9.01. The molecule has 0 radical (unpaired) electrons. The molecule has 0 saturated heterocycles. The van der Waals surface area contributed by atoms with Crippen molar-refractivity contribution in [3.63, 3.8) is 0 Å². The lowest BCUT2D eigenvalue weighted by Crippen LogP contribution is -1.92. The van der Waals surface area contributed by atoms with Crippen LogP contribution in [0.15, 0.2) is 18.2 Å². The van der Waals surface area contributed by atoms with E-state index in [1.165, 1.54) is 6.08 Å². The second kappa shape index (κ2) is 4.15. The summed E-state index contributed by atoms with van der Waals surface area (Å²) in [4.78, 5) is 10.3. The summed E-state index contributed by atoms with van der Waals surface area (Å²) in [6.45, 7) is 1.83. The summed E-state index contributed by atoms with van der Waals surface area (Å²) >= 11 is 5.83. The first-order valence-electron chi connectivity index (χ1n) is 3.97. The minimum atomic E-state index is -1.00. The fourth-order valence-electron chi connectivity index (χ4n) is 1.02. The Bertz CT molecular complexity index is 399. The van der Waals surface area contributed by atoms with Crippen molar-refractivity contribution in [2.24, 2.45) is 0 Å². The molecule has 0 aliphatic carbocycles. The molecule has 0 spiro atoms. The number of hydrogen-bond acceptors (Lipinski definition) is 2. The molecule has 0 aromatic heterocycles. The Morgan fingerprint density at radius 2 is 2.21 bits per heavy atom. The van der Waals surface area contributed by atoms with Crippen LogP contribution in [-0.4, -0.2) is 11.1 Å². The molecule has 0 aliphatic heterocycles. The number of aryl methyl sites for hydroxylation is 1. The van der Waals surface area contributed by atoms with Crippen LogP contribution in [-0.2, 0) is 4.79 Å². The highest BCUT2D eigenvalue weighted by Gasteiger charge is 2.01. The molecule has 0 saturated carbocycles. The number of aliphatic carboxylic acids is 1. The number of nitrogen functional groups attached to an aromatic ring is 1. The van der Waals surface area contributed by atoms with Gasteiger partial charge in [0.05, 0.1) is 0 Å². The van der Waals surface area contributed by atoms with Gasteiger partial charge in [-0.2, -0.15) is 0 Å². The number of nitrogens with two attached hydrogens (primary N) is 1. The van der Waals surface area contributed by atoms with Crippen molar-refractivity contribution in [1.82, 2.24) is 0 Å². The summed E-state index contributed by atoms with van der Waals surface area (Å²) in [5.41, 5.74) is 7.65. The summed E-state index contributed by atoms with van der Waals surface area (Å²) in [6.07, 6.45) is 2.49. The predicted octanol–water partition coefficient (Wildman–Crippen LogP) is 2.33. The van der Waals surface area contributed by atoms with Gasteiger partial charge in [0.2, 0.25) is 0 Å². The van der Waals surface area contributed by atoms with Gasteiger partial charge in [0.25, 0.3) is 0 Å². The Labute approximate surface area is 86.8 Å². The molecular formula is C10H10ClNO2. The quantitative estimate of drug-likeness (QED) is 0.583. The molecular weight excluding hydrogens is 202 g/mol. The molecule has 3 nitrogen and oxygen atoms in total. The van der Waals surface area contributed by atoms with E-state index in [-0.39, 0.29) is 0 Å². The maximum absolute atomic E-state index is 10.3. The minimum absolute atomic E-state index is 0.470. The van der Waals surface area contributed by atoms with E-state index in [1.54, 1.807) is 12.1 Å². The van der Waals surface area contributed by atoms with Crippen molar-refractivity contribution in [3.8, 4) is 0 Å². The van der Waals surface area contributed by atoms with E-state index in [1.807, 2.05) is 6.92 Å². The van der Waals surface area contributed by atoms with Crippen LogP contribution in [0, 0.1) is 6.92 Å². The molecule has 3 N–H and O–H groups in total. The molecule has 74 valence electrons.